The van der Waals surface area contributed by atoms with Gasteiger partial charge in [-0.05, 0) is 31.5 Å². The van der Waals surface area contributed by atoms with Crippen molar-refractivity contribution >= 4 is 17.5 Å². The number of carbonyl (C=O) groups excluding carboxylic acids is 1. The maximum Gasteiger partial charge on any atom is 0.257 e. The second-order valence-electron chi connectivity index (χ2n) is 3.55. The van der Waals surface area contributed by atoms with Crippen LogP contribution in [0.5, 0.6) is 5.75 Å². The van der Waals surface area contributed by atoms with Crippen molar-refractivity contribution in [2.75, 3.05) is 13.1 Å². The van der Waals surface area contributed by atoms with Gasteiger partial charge in [-0.2, -0.15) is 0 Å². The van der Waals surface area contributed by atoms with E-state index in [0.717, 1.165) is 6.42 Å². The molecule has 0 unspecified atom stereocenters. The Labute approximate surface area is 101 Å². The highest BCUT2D eigenvalue weighted by Crippen LogP contribution is 2.23. The highest BCUT2D eigenvalue weighted by Gasteiger charge is 2.16. The van der Waals surface area contributed by atoms with E-state index in [2.05, 4.69) is 0 Å². The number of halogens is 1. The lowest BCUT2D eigenvalue weighted by atomic mass is 10.1. The van der Waals surface area contributed by atoms with Crippen molar-refractivity contribution in [3.63, 3.8) is 0 Å². The van der Waals surface area contributed by atoms with Crippen LogP contribution in [0.15, 0.2) is 18.2 Å². The number of nitrogens with zero attached hydrogens (tertiary/aromatic N) is 1. The first kappa shape index (κ1) is 12.8. The first-order valence-corrected chi connectivity index (χ1v) is 5.75. The number of phenolic OH excluding ortho intramolecular Hbond substituents is 1. The van der Waals surface area contributed by atoms with Gasteiger partial charge in [-0.1, -0.05) is 18.5 Å². The lowest BCUT2D eigenvalue weighted by molar-refractivity contribution is 0.0761. The largest absolute Gasteiger partial charge is 0.507 e. The standard InChI is InChI=1S/C12H16ClNO2/c1-3-7-14(4-2)12(16)10-6-5-9(13)8-11(10)15/h5-6,8,15H,3-4,7H2,1-2H3. The van der Waals surface area contributed by atoms with Crippen molar-refractivity contribution < 1.29 is 9.90 Å². The number of aromatic hydroxyl groups is 1. The second kappa shape index (κ2) is 5.75. The van der Waals surface area contributed by atoms with Crippen LogP contribution < -0.4 is 0 Å². The minimum absolute atomic E-state index is 0.0629. The molecule has 0 aliphatic rings. The molecule has 0 spiro atoms. The molecule has 0 fully saturated rings. The summed E-state index contributed by atoms with van der Waals surface area (Å²) in [6, 6.07) is 4.54. The molecular weight excluding hydrogens is 226 g/mol. The summed E-state index contributed by atoms with van der Waals surface area (Å²) in [6.45, 7) is 5.25. The van der Waals surface area contributed by atoms with Crippen molar-refractivity contribution in [3.8, 4) is 5.75 Å². The minimum atomic E-state index is -0.154. The van der Waals surface area contributed by atoms with E-state index in [1.165, 1.54) is 6.07 Å². The number of carbonyl (C=O) groups is 1. The van der Waals surface area contributed by atoms with E-state index in [1.807, 2.05) is 13.8 Å². The summed E-state index contributed by atoms with van der Waals surface area (Å²) in [5.74, 6) is -0.217. The Balaban J connectivity index is 2.94. The van der Waals surface area contributed by atoms with Crippen LogP contribution in [0.25, 0.3) is 0 Å². The number of amides is 1. The van der Waals surface area contributed by atoms with E-state index in [0.29, 0.717) is 23.7 Å². The highest BCUT2D eigenvalue weighted by atomic mass is 35.5. The fourth-order valence-corrected chi connectivity index (χ4v) is 1.70. The molecule has 1 aromatic carbocycles. The molecule has 0 aliphatic heterocycles. The number of phenols is 1. The van der Waals surface area contributed by atoms with Crippen molar-refractivity contribution in [3.05, 3.63) is 28.8 Å². The first-order valence-electron chi connectivity index (χ1n) is 5.38. The van der Waals surface area contributed by atoms with E-state index in [1.54, 1.807) is 17.0 Å². The Morgan fingerprint density at radius 1 is 1.44 bits per heavy atom. The van der Waals surface area contributed by atoms with Crippen molar-refractivity contribution in [1.29, 1.82) is 0 Å². The molecule has 1 aromatic rings. The average molecular weight is 242 g/mol. The van der Waals surface area contributed by atoms with Gasteiger partial charge in [0.15, 0.2) is 0 Å². The average Bonchev–Trinajstić information content (AvgIpc) is 2.25. The molecule has 0 radical (unpaired) electrons. The van der Waals surface area contributed by atoms with Gasteiger partial charge in [-0.3, -0.25) is 4.79 Å². The monoisotopic (exact) mass is 241 g/mol. The van der Waals surface area contributed by atoms with E-state index in [-0.39, 0.29) is 11.7 Å². The van der Waals surface area contributed by atoms with E-state index < -0.39 is 0 Å². The van der Waals surface area contributed by atoms with Crippen LogP contribution in [0.2, 0.25) is 5.02 Å². The van der Waals surface area contributed by atoms with Crippen LogP contribution in [0.3, 0.4) is 0 Å². The molecule has 4 heteroatoms. The molecule has 16 heavy (non-hydrogen) atoms. The van der Waals surface area contributed by atoms with Crippen LogP contribution >= 0.6 is 11.6 Å². The van der Waals surface area contributed by atoms with Crippen molar-refractivity contribution in [2.24, 2.45) is 0 Å². The van der Waals surface area contributed by atoms with Crippen LogP contribution in [-0.2, 0) is 0 Å². The summed E-state index contributed by atoms with van der Waals surface area (Å²) in [5.41, 5.74) is 0.305. The second-order valence-corrected chi connectivity index (χ2v) is 3.98. The van der Waals surface area contributed by atoms with Gasteiger partial charge in [0, 0.05) is 18.1 Å². The summed E-state index contributed by atoms with van der Waals surface area (Å²) in [7, 11) is 0. The van der Waals surface area contributed by atoms with Gasteiger partial charge in [-0.25, -0.2) is 0 Å². The quantitative estimate of drug-likeness (QED) is 0.881. The number of hydrogen-bond acceptors (Lipinski definition) is 2. The molecule has 3 nitrogen and oxygen atoms in total. The van der Waals surface area contributed by atoms with Crippen molar-refractivity contribution in [2.45, 2.75) is 20.3 Å². The lowest BCUT2D eigenvalue weighted by Gasteiger charge is -2.20. The third-order valence-electron chi connectivity index (χ3n) is 2.35. The Bertz CT molecular complexity index is 379. The molecule has 0 aromatic heterocycles. The molecule has 1 amide bonds. The summed E-state index contributed by atoms with van der Waals surface area (Å²) < 4.78 is 0. The SMILES string of the molecule is CCCN(CC)C(=O)c1ccc(Cl)cc1O. The van der Waals surface area contributed by atoms with Gasteiger partial charge in [0.2, 0.25) is 0 Å². The smallest absolute Gasteiger partial charge is 0.257 e. The van der Waals surface area contributed by atoms with Crippen LogP contribution in [0, 0.1) is 0 Å². The summed E-state index contributed by atoms with van der Waals surface area (Å²) >= 11 is 5.71. The maximum absolute atomic E-state index is 12.0. The van der Waals surface area contributed by atoms with E-state index in [9.17, 15) is 9.90 Å². The predicted molar refractivity (Wildman–Crippen MR) is 65.0 cm³/mol. The maximum atomic E-state index is 12.0. The van der Waals surface area contributed by atoms with E-state index >= 15 is 0 Å². The molecule has 1 rings (SSSR count). The zero-order valence-electron chi connectivity index (χ0n) is 9.53. The predicted octanol–water partition coefficient (Wildman–Crippen LogP) is 2.92. The number of rotatable bonds is 4. The van der Waals surface area contributed by atoms with Crippen LogP contribution in [-0.4, -0.2) is 29.0 Å². The summed E-state index contributed by atoms with van der Waals surface area (Å²) in [4.78, 5) is 13.7. The summed E-state index contributed by atoms with van der Waals surface area (Å²) in [6.07, 6.45) is 0.897. The third-order valence-corrected chi connectivity index (χ3v) is 2.59. The van der Waals surface area contributed by atoms with Gasteiger partial charge < -0.3 is 10.0 Å². The highest BCUT2D eigenvalue weighted by molar-refractivity contribution is 6.30. The molecule has 0 heterocycles. The topological polar surface area (TPSA) is 40.5 Å². The Kier molecular flexibility index (Phi) is 4.62. The molecular formula is C12H16ClNO2. The molecule has 0 bridgehead atoms. The zero-order chi connectivity index (χ0) is 12.1. The molecule has 0 aliphatic carbocycles. The fourth-order valence-electron chi connectivity index (χ4n) is 1.53. The third kappa shape index (κ3) is 2.89. The van der Waals surface area contributed by atoms with Gasteiger partial charge >= 0.3 is 0 Å². The summed E-state index contributed by atoms with van der Waals surface area (Å²) in [5, 5.41) is 10.1. The number of hydrogen-bond donors (Lipinski definition) is 1. The van der Waals surface area contributed by atoms with Crippen LogP contribution in [0.1, 0.15) is 30.6 Å². The van der Waals surface area contributed by atoms with Crippen LogP contribution in [0.4, 0.5) is 0 Å². The van der Waals surface area contributed by atoms with Gasteiger partial charge in [0.1, 0.15) is 5.75 Å². The Morgan fingerprint density at radius 2 is 2.12 bits per heavy atom. The van der Waals surface area contributed by atoms with Gasteiger partial charge in [-0.15, -0.1) is 0 Å². The van der Waals surface area contributed by atoms with E-state index in [4.69, 9.17) is 11.6 Å². The molecule has 0 atom stereocenters. The fraction of sp³-hybridized carbons (Fsp3) is 0.417. The zero-order valence-corrected chi connectivity index (χ0v) is 10.3. The lowest BCUT2D eigenvalue weighted by Crippen LogP contribution is -2.31. The molecule has 0 saturated carbocycles. The minimum Gasteiger partial charge on any atom is -0.507 e. The Morgan fingerprint density at radius 3 is 2.62 bits per heavy atom. The van der Waals surface area contributed by atoms with Crippen molar-refractivity contribution in [1.82, 2.24) is 4.90 Å². The number of benzene rings is 1. The normalized spacial score (nSPS) is 10.2. The Hall–Kier alpha value is -1.22. The van der Waals surface area contributed by atoms with Gasteiger partial charge in [0.05, 0.1) is 5.56 Å². The molecule has 1 N–H and O–H groups in total. The molecule has 0 saturated heterocycles. The first-order chi connectivity index (χ1) is 7.60. The van der Waals surface area contributed by atoms with Gasteiger partial charge in [0.25, 0.3) is 5.91 Å². The molecule has 88 valence electrons.